The van der Waals surface area contributed by atoms with Crippen LogP contribution < -0.4 is 0 Å². The molecule has 116 valence electrons. The summed E-state index contributed by atoms with van der Waals surface area (Å²) < 4.78 is 43.6. The summed E-state index contributed by atoms with van der Waals surface area (Å²) in [6.45, 7) is 3.58. The molecule has 0 amide bonds. The molecule has 22 heavy (non-hydrogen) atoms. The summed E-state index contributed by atoms with van der Waals surface area (Å²) in [4.78, 5) is 4.09. The summed E-state index contributed by atoms with van der Waals surface area (Å²) in [5.74, 6) is 0.157. The molecule has 2 aromatic rings. The van der Waals surface area contributed by atoms with Crippen molar-refractivity contribution in [2.24, 2.45) is 5.16 Å². The average molecular weight is 310 g/mol. The second kappa shape index (κ2) is 6.05. The molecule has 0 spiro atoms. The largest absolute Gasteiger partial charge is 0.436 e. The number of nitrogens with zero attached hydrogens (tertiary/aromatic N) is 2. The molecule has 0 radical (unpaired) electrons. The van der Waals surface area contributed by atoms with Gasteiger partial charge in [0.05, 0.1) is 11.8 Å². The van der Waals surface area contributed by atoms with Crippen LogP contribution >= 0.6 is 0 Å². The lowest BCUT2D eigenvalue weighted by atomic mass is 10.1. The van der Waals surface area contributed by atoms with Crippen LogP contribution in [0.15, 0.2) is 45.5 Å². The number of fused-ring (bicyclic) bond motifs is 1. The molecule has 0 aliphatic carbocycles. The maximum atomic E-state index is 12.7. The Morgan fingerprint density at radius 2 is 2.09 bits per heavy atom. The third kappa shape index (κ3) is 3.19. The summed E-state index contributed by atoms with van der Waals surface area (Å²) in [6, 6.07) is 3.11. The highest BCUT2D eigenvalue weighted by atomic mass is 19.4. The fraction of sp³-hybridized carbons (Fsp3) is 0.200. The second-order valence-electron chi connectivity index (χ2n) is 4.52. The molecular formula is C15H13F3N2O2. The van der Waals surface area contributed by atoms with Crippen molar-refractivity contribution in [2.75, 3.05) is 0 Å². The summed E-state index contributed by atoms with van der Waals surface area (Å²) in [5.41, 5.74) is 0.872. The Morgan fingerprint density at radius 1 is 1.36 bits per heavy atom. The van der Waals surface area contributed by atoms with E-state index >= 15 is 0 Å². The summed E-state index contributed by atoms with van der Waals surface area (Å²) in [7, 11) is 0. The van der Waals surface area contributed by atoms with Crippen molar-refractivity contribution in [3.8, 4) is 0 Å². The van der Waals surface area contributed by atoms with Gasteiger partial charge in [0, 0.05) is 5.57 Å². The van der Waals surface area contributed by atoms with E-state index in [0.29, 0.717) is 5.57 Å². The molecule has 7 heteroatoms. The van der Waals surface area contributed by atoms with E-state index in [1.54, 1.807) is 19.9 Å². The van der Waals surface area contributed by atoms with Crippen LogP contribution in [0.2, 0.25) is 0 Å². The Morgan fingerprint density at radius 3 is 2.68 bits per heavy atom. The zero-order valence-corrected chi connectivity index (χ0v) is 11.8. The minimum Gasteiger partial charge on any atom is -0.436 e. The van der Waals surface area contributed by atoms with E-state index in [0.717, 1.165) is 23.9 Å². The molecule has 0 fully saturated rings. The second-order valence-corrected chi connectivity index (χ2v) is 4.52. The van der Waals surface area contributed by atoms with Gasteiger partial charge >= 0.3 is 6.18 Å². The van der Waals surface area contributed by atoms with Gasteiger partial charge in [-0.3, -0.25) is 0 Å². The number of benzene rings is 1. The molecule has 0 atom stereocenters. The first-order valence-corrected chi connectivity index (χ1v) is 6.36. The molecule has 0 unspecified atom stereocenters. The van der Waals surface area contributed by atoms with E-state index in [1.807, 2.05) is 0 Å². The van der Waals surface area contributed by atoms with Gasteiger partial charge in [0.25, 0.3) is 0 Å². The number of oxime groups is 1. The van der Waals surface area contributed by atoms with Crippen LogP contribution in [0.1, 0.15) is 25.3 Å². The SMILES string of the molecule is C\C=C(C)/C(=C\C=N\O)c1nc2cc(C(F)(F)F)ccc2o1. The van der Waals surface area contributed by atoms with Crippen LogP contribution in [0.4, 0.5) is 13.2 Å². The first-order valence-electron chi connectivity index (χ1n) is 6.36. The molecule has 1 aromatic carbocycles. The maximum absolute atomic E-state index is 12.7. The highest BCUT2D eigenvalue weighted by Crippen LogP contribution is 2.32. The van der Waals surface area contributed by atoms with Crippen molar-refractivity contribution >= 4 is 22.9 Å². The van der Waals surface area contributed by atoms with Crippen molar-refractivity contribution in [1.82, 2.24) is 4.98 Å². The summed E-state index contributed by atoms with van der Waals surface area (Å²) in [5, 5.41) is 11.4. The van der Waals surface area contributed by atoms with Crippen LogP contribution in [0.3, 0.4) is 0 Å². The summed E-state index contributed by atoms with van der Waals surface area (Å²) >= 11 is 0. The molecule has 1 N–H and O–H groups in total. The maximum Gasteiger partial charge on any atom is 0.416 e. The van der Waals surface area contributed by atoms with Gasteiger partial charge in [-0.05, 0) is 43.7 Å². The van der Waals surface area contributed by atoms with Crippen molar-refractivity contribution < 1.29 is 22.8 Å². The number of alkyl halides is 3. The number of hydrogen-bond donors (Lipinski definition) is 1. The van der Waals surface area contributed by atoms with E-state index in [4.69, 9.17) is 9.62 Å². The quantitative estimate of drug-likeness (QED) is 0.388. The predicted molar refractivity (Wildman–Crippen MR) is 76.7 cm³/mol. The number of hydrogen-bond acceptors (Lipinski definition) is 4. The molecule has 1 aromatic heterocycles. The van der Waals surface area contributed by atoms with Gasteiger partial charge in [-0.1, -0.05) is 11.2 Å². The Bertz CT molecular complexity index is 771. The number of aromatic nitrogens is 1. The average Bonchev–Trinajstić information content (AvgIpc) is 2.88. The van der Waals surface area contributed by atoms with Gasteiger partial charge in [0.2, 0.25) is 5.89 Å². The molecular weight excluding hydrogens is 297 g/mol. The van der Waals surface area contributed by atoms with Crippen molar-refractivity contribution in [2.45, 2.75) is 20.0 Å². The third-order valence-corrected chi connectivity index (χ3v) is 3.11. The summed E-state index contributed by atoms with van der Waals surface area (Å²) in [6.07, 6.45) is -0.0507. The van der Waals surface area contributed by atoms with E-state index in [2.05, 4.69) is 10.1 Å². The van der Waals surface area contributed by atoms with E-state index in [-0.39, 0.29) is 17.0 Å². The molecule has 4 nitrogen and oxygen atoms in total. The van der Waals surface area contributed by atoms with E-state index < -0.39 is 11.7 Å². The van der Waals surface area contributed by atoms with Crippen LogP contribution in [-0.4, -0.2) is 16.4 Å². The Hall–Kier alpha value is -2.57. The van der Waals surface area contributed by atoms with Gasteiger partial charge < -0.3 is 9.62 Å². The first-order chi connectivity index (χ1) is 10.4. The molecule has 0 aliphatic heterocycles. The smallest absolute Gasteiger partial charge is 0.416 e. The van der Waals surface area contributed by atoms with Crippen LogP contribution in [0.5, 0.6) is 0 Å². The van der Waals surface area contributed by atoms with Gasteiger partial charge in [-0.15, -0.1) is 0 Å². The van der Waals surface area contributed by atoms with Crippen LogP contribution in [0, 0.1) is 0 Å². The van der Waals surface area contributed by atoms with Gasteiger partial charge in [-0.2, -0.15) is 13.2 Å². The lowest BCUT2D eigenvalue weighted by Gasteiger charge is -2.04. The lowest BCUT2D eigenvalue weighted by Crippen LogP contribution is -2.03. The predicted octanol–water partition coefficient (Wildman–Crippen LogP) is 4.66. The molecule has 0 saturated heterocycles. The van der Waals surface area contributed by atoms with E-state index in [1.165, 1.54) is 12.1 Å². The van der Waals surface area contributed by atoms with Crippen molar-refractivity contribution in [3.63, 3.8) is 0 Å². The molecule has 2 rings (SSSR count). The highest BCUT2D eigenvalue weighted by molar-refractivity contribution is 5.90. The fourth-order valence-corrected chi connectivity index (χ4v) is 1.85. The lowest BCUT2D eigenvalue weighted by molar-refractivity contribution is -0.137. The molecule has 0 bridgehead atoms. The minimum atomic E-state index is -4.44. The molecule has 0 aliphatic rings. The Kier molecular flexibility index (Phi) is 4.35. The van der Waals surface area contributed by atoms with Gasteiger partial charge in [-0.25, -0.2) is 4.98 Å². The van der Waals surface area contributed by atoms with Crippen LogP contribution in [0.25, 0.3) is 16.7 Å². The van der Waals surface area contributed by atoms with Crippen molar-refractivity contribution in [1.29, 1.82) is 0 Å². The number of rotatable bonds is 3. The molecule has 0 saturated carbocycles. The molecule has 1 heterocycles. The van der Waals surface area contributed by atoms with E-state index in [9.17, 15) is 13.2 Å². The number of halogens is 3. The van der Waals surface area contributed by atoms with Gasteiger partial charge in [0.15, 0.2) is 5.58 Å². The van der Waals surface area contributed by atoms with Gasteiger partial charge in [0.1, 0.15) is 5.52 Å². The van der Waals surface area contributed by atoms with Crippen molar-refractivity contribution in [3.05, 3.63) is 47.4 Å². The Labute approximate surface area is 124 Å². The highest BCUT2D eigenvalue weighted by Gasteiger charge is 2.31. The Balaban J connectivity index is 2.56. The topological polar surface area (TPSA) is 58.6 Å². The first kappa shape index (κ1) is 15.8. The fourth-order valence-electron chi connectivity index (χ4n) is 1.85. The van der Waals surface area contributed by atoms with Crippen LogP contribution in [-0.2, 0) is 6.18 Å². The zero-order valence-electron chi connectivity index (χ0n) is 11.8. The normalized spacial score (nSPS) is 14.2. The number of allylic oxidation sites excluding steroid dienone is 4. The minimum absolute atomic E-state index is 0.112. The number of oxazole rings is 1. The standard InChI is InChI=1S/C15H13F3N2O2/c1-3-9(2)11(6-7-19-21)14-20-12-8-10(15(16,17)18)4-5-13(12)22-14/h3-8,21H,1-2H3/b9-3-,11-6+,19-7+. The zero-order chi connectivity index (χ0) is 16.3. The monoisotopic (exact) mass is 310 g/mol. The third-order valence-electron chi connectivity index (χ3n) is 3.11.